The first kappa shape index (κ1) is 19.2. The summed E-state index contributed by atoms with van der Waals surface area (Å²) in [6, 6.07) is 20.4. The van der Waals surface area contributed by atoms with Gasteiger partial charge in [0.15, 0.2) is 0 Å². The summed E-state index contributed by atoms with van der Waals surface area (Å²) in [6.07, 6.45) is 2.20. The molecule has 0 fully saturated rings. The molecule has 124 valence electrons. The lowest BCUT2D eigenvalue weighted by atomic mass is 10.1. The molecule has 0 aliphatic carbocycles. The van der Waals surface area contributed by atoms with Crippen LogP contribution >= 0.6 is 12.4 Å². The van der Waals surface area contributed by atoms with Crippen molar-refractivity contribution in [2.45, 2.75) is 19.3 Å². The smallest absolute Gasteiger partial charge is 0.222 e. The van der Waals surface area contributed by atoms with Gasteiger partial charge in [0.25, 0.3) is 0 Å². The molecule has 4 heteroatoms. The van der Waals surface area contributed by atoms with Crippen molar-refractivity contribution in [2.24, 2.45) is 5.73 Å². The molecule has 0 radical (unpaired) electrons. The summed E-state index contributed by atoms with van der Waals surface area (Å²) in [5.74, 6) is 0.185. The number of carbonyl (C=O) groups is 1. The van der Waals surface area contributed by atoms with Crippen LogP contribution in [0.25, 0.3) is 0 Å². The molecule has 0 aromatic heterocycles. The summed E-state index contributed by atoms with van der Waals surface area (Å²) in [7, 11) is 0. The molecule has 23 heavy (non-hydrogen) atoms. The lowest BCUT2D eigenvalue weighted by Gasteiger charge is -2.22. The number of hydrogen-bond donors (Lipinski definition) is 1. The predicted molar refractivity (Wildman–Crippen MR) is 97.8 cm³/mol. The highest BCUT2D eigenvalue weighted by molar-refractivity contribution is 5.85. The fraction of sp³-hybridized carbons (Fsp3) is 0.316. The highest BCUT2D eigenvalue weighted by atomic mass is 35.5. The Morgan fingerprint density at radius 1 is 0.826 bits per heavy atom. The molecule has 0 bridgehead atoms. The molecule has 1 amide bonds. The van der Waals surface area contributed by atoms with Crippen LogP contribution in [0.15, 0.2) is 60.7 Å². The number of nitrogens with zero attached hydrogens (tertiary/aromatic N) is 1. The third-order valence-corrected chi connectivity index (χ3v) is 3.74. The standard InChI is InChI=1S/C19H24N2O.ClH/c20-14-16-21(15-13-18-9-5-2-6-10-18)19(22)12-11-17-7-3-1-4-8-17;/h1-10H,11-16,20H2;1H. The first-order valence-corrected chi connectivity index (χ1v) is 7.85. The van der Waals surface area contributed by atoms with Crippen LogP contribution < -0.4 is 5.73 Å². The van der Waals surface area contributed by atoms with E-state index in [2.05, 4.69) is 24.3 Å². The second-order valence-corrected chi connectivity index (χ2v) is 5.39. The Bertz CT molecular complexity index is 560. The number of benzene rings is 2. The van der Waals surface area contributed by atoms with Gasteiger partial charge in [-0.15, -0.1) is 12.4 Å². The molecule has 2 rings (SSSR count). The van der Waals surface area contributed by atoms with Crippen LogP contribution in [0.2, 0.25) is 0 Å². The van der Waals surface area contributed by atoms with E-state index in [-0.39, 0.29) is 18.3 Å². The molecule has 2 N–H and O–H groups in total. The molecule has 0 spiro atoms. The Hall–Kier alpha value is -1.84. The molecule has 0 unspecified atom stereocenters. The molecule has 0 saturated heterocycles. The Balaban J connectivity index is 0.00000264. The van der Waals surface area contributed by atoms with E-state index in [1.807, 2.05) is 41.3 Å². The van der Waals surface area contributed by atoms with Crippen molar-refractivity contribution < 1.29 is 4.79 Å². The van der Waals surface area contributed by atoms with Gasteiger partial charge in [-0.1, -0.05) is 60.7 Å². The van der Waals surface area contributed by atoms with Gasteiger partial charge in [0.1, 0.15) is 0 Å². The van der Waals surface area contributed by atoms with Gasteiger partial charge in [-0.3, -0.25) is 4.79 Å². The molecule has 0 aliphatic rings. The van der Waals surface area contributed by atoms with Gasteiger partial charge in [-0.2, -0.15) is 0 Å². The zero-order valence-corrected chi connectivity index (χ0v) is 14.2. The number of nitrogens with two attached hydrogens (primary N) is 1. The summed E-state index contributed by atoms with van der Waals surface area (Å²) < 4.78 is 0. The van der Waals surface area contributed by atoms with Gasteiger partial charge >= 0.3 is 0 Å². The monoisotopic (exact) mass is 332 g/mol. The van der Waals surface area contributed by atoms with E-state index >= 15 is 0 Å². The second-order valence-electron chi connectivity index (χ2n) is 5.39. The minimum absolute atomic E-state index is 0. The van der Waals surface area contributed by atoms with Gasteiger partial charge in [-0.05, 0) is 24.0 Å². The van der Waals surface area contributed by atoms with Crippen molar-refractivity contribution in [3.63, 3.8) is 0 Å². The van der Waals surface area contributed by atoms with Crippen LogP contribution in [0.5, 0.6) is 0 Å². The van der Waals surface area contributed by atoms with E-state index in [4.69, 9.17) is 5.73 Å². The Kier molecular flexibility index (Phi) is 9.03. The van der Waals surface area contributed by atoms with Crippen LogP contribution in [0.4, 0.5) is 0 Å². The van der Waals surface area contributed by atoms with Crippen molar-refractivity contribution in [2.75, 3.05) is 19.6 Å². The topological polar surface area (TPSA) is 46.3 Å². The number of carbonyl (C=O) groups excluding carboxylic acids is 1. The lowest BCUT2D eigenvalue weighted by Crippen LogP contribution is -2.37. The Morgan fingerprint density at radius 2 is 1.35 bits per heavy atom. The van der Waals surface area contributed by atoms with E-state index in [0.29, 0.717) is 19.5 Å². The van der Waals surface area contributed by atoms with E-state index in [0.717, 1.165) is 19.4 Å². The predicted octanol–water partition coefficient (Wildman–Crippen LogP) is 3.07. The van der Waals surface area contributed by atoms with Crippen LogP contribution in [0.3, 0.4) is 0 Å². The van der Waals surface area contributed by atoms with Crippen molar-refractivity contribution >= 4 is 18.3 Å². The highest BCUT2D eigenvalue weighted by Gasteiger charge is 2.12. The maximum atomic E-state index is 12.4. The quantitative estimate of drug-likeness (QED) is 0.807. The zero-order valence-electron chi connectivity index (χ0n) is 13.4. The molecular formula is C19H25ClN2O. The summed E-state index contributed by atoms with van der Waals surface area (Å²) in [5.41, 5.74) is 8.10. The van der Waals surface area contributed by atoms with E-state index in [1.54, 1.807) is 0 Å². The number of amides is 1. The molecular weight excluding hydrogens is 308 g/mol. The third kappa shape index (κ3) is 6.85. The molecule has 0 saturated carbocycles. The number of rotatable bonds is 8. The largest absolute Gasteiger partial charge is 0.341 e. The summed E-state index contributed by atoms with van der Waals surface area (Å²) in [5, 5.41) is 0. The van der Waals surface area contributed by atoms with Gasteiger partial charge in [0.2, 0.25) is 5.91 Å². The van der Waals surface area contributed by atoms with Crippen molar-refractivity contribution in [3.8, 4) is 0 Å². The van der Waals surface area contributed by atoms with E-state index in [1.165, 1.54) is 11.1 Å². The van der Waals surface area contributed by atoms with Crippen molar-refractivity contribution in [3.05, 3.63) is 71.8 Å². The van der Waals surface area contributed by atoms with Gasteiger partial charge in [0, 0.05) is 26.1 Å². The molecule has 0 aliphatic heterocycles. The lowest BCUT2D eigenvalue weighted by molar-refractivity contribution is -0.131. The molecule has 0 atom stereocenters. The first-order valence-electron chi connectivity index (χ1n) is 7.85. The molecule has 2 aromatic carbocycles. The van der Waals surface area contributed by atoms with Gasteiger partial charge in [0.05, 0.1) is 0 Å². The van der Waals surface area contributed by atoms with E-state index in [9.17, 15) is 4.79 Å². The van der Waals surface area contributed by atoms with E-state index < -0.39 is 0 Å². The van der Waals surface area contributed by atoms with Gasteiger partial charge in [-0.25, -0.2) is 0 Å². The van der Waals surface area contributed by atoms with Crippen LogP contribution in [0.1, 0.15) is 17.5 Å². The third-order valence-electron chi connectivity index (χ3n) is 3.74. The normalized spacial score (nSPS) is 9.96. The maximum Gasteiger partial charge on any atom is 0.222 e. The molecule has 2 aromatic rings. The first-order chi connectivity index (χ1) is 10.8. The average molecular weight is 333 g/mol. The minimum atomic E-state index is 0. The van der Waals surface area contributed by atoms with Crippen LogP contribution in [0, 0.1) is 0 Å². The summed E-state index contributed by atoms with van der Waals surface area (Å²) in [4.78, 5) is 14.3. The van der Waals surface area contributed by atoms with Crippen molar-refractivity contribution in [1.82, 2.24) is 4.90 Å². The van der Waals surface area contributed by atoms with Crippen LogP contribution in [-0.2, 0) is 17.6 Å². The Labute approximate surface area is 144 Å². The highest BCUT2D eigenvalue weighted by Crippen LogP contribution is 2.06. The number of hydrogen-bond acceptors (Lipinski definition) is 2. The maximum absolute atomic E-state index is 12.4. The van der Waals surface area contributed by atoms with Crippen LogP contribution in [-0.4, -0.2) is 30.4 Å². The molecule has 3 nitrogen and oxygen atoms in total. The SMILES string of the molecule is Cl.NCCN(CCc1ccccc1)C(=O)CCc1ccccc1. The summed E-state index contributed by atoms with van der Waals surface area (Å²) >= 11 is 0. The molecule has 0 heterocycles. The number of halogens is 1. The summed E-state index contributed by atoms with van der Waals surface area (Å²) in [6.45, 7) is 1.86. The second kappa shape index (κ2) is 10.8. The Morgan fingerprint density at radius 3 is 1.87 bits per heavy atom. The fourth-order valence-electron chi connectivity index (χ4n) is 2.48. The minimum Gasteiger partial charge on any atom is -0.341 e. The van der Waals surface area contributed by atoms with Gasteiger partial charge < -0.3 is 10.6 Å². The zero-order chi connectivity index (χ0) is 15.6. The fourth-order valence-corrected chi connectivity index (χ4v) is 2.48. The van der Waals surface area contributed by atoms with Crippen molar-refractivity contribution in [1.29, 1.82) is 0 Å². The number of aryl methyl sites for hydroxylation is 1. The average Bonchev–Trinajstić information content (AvgIpc) is 2.58.